The molecule has 3 rings (SSSR count). The van der Waals surface area contributed by atoms with E-state index in [1.54, 1.807) is 18.5 Å². The summed E-state index contributed by atoms with van der Waals surface area (Å²) in [5.41, 5.74) is 0.796. The molecule has 0 bridgehead atoms. The summed E-state index contributed by atoms with van der Waals surface area (Å²) in [4.78, 5) is 19.8. The number of hydrogen-bond donors (Lipinski definition) is 1. The summed E-state index contributed by atoms with van der Waals surface area (Å²) in [6, 6.07) is 1.84. The van der Waals surface area contributed by atoms with E-state index in [-0.39, 0.29) is 30.4 Å². The maximum atomic E-state index is 12.1. The summed E-state index contributed by atoms with van der Waals surface area (Å²) in [5, 5.41) is 7.38. The van der Waals surface area contributed by atoms with Crippen LogP contribution in [0.25, 0.3) is 11.5 Å². The van der Waals surface area contributed by atoms with Crippen LogP contribution in [0.3, 0.4) is 0 Å². The standard InChI is InChI=1S/C15H17N5O5S2/c1-10-17-13(7-20(10)2)27(22,23)16-5-3-14(21)24-8-12-18-15(25-19-12)11-4-6-26-9-11/h4,6-7,9,16H,3,5,8H2,1-2H3. The lowest BCUT2D eigenvalue weighted by Gasteiger charge is -2.04. The Bertz CT molecular complexity index is 1000. The van der Waals surface area contributed by atoms with Gasteiger partial charge in [-0.25, -0.2) is 18.1 Å². The molecule has 0 aliphatic rings. The largest absolute Gasteiger partial charge is 0.457 e. The Kier molecular flexibility index (Phi) is 5.68. The van der Waals surface area contributed by atoms with E-state index in [0.29, 0.717) is 11.7 Å². The van der Waals surface area contributed by atoms with Crippen molar-refractivity contribution in [3.8, 4) is 11.5 Å². The second-order valence-electron chi connectivity index (χ2n) is 5.57. The number of sulfonamides is 1. The molecule has 0 atom stereocenters. The minimum Gasteiger partial charge on any atom is -0.457 e. The van der Waals surface area contributed by atoms with Crippen LogP contribution in [0.2, 0.25) is 0 Å². The van der Waals surface area contributed by atoms with Gasteiger partial charge in [0.25, 0.3) is 15.9 Å². The minimum absolute atomic E-state index is 0.0939. The summed E-state index contributed by atoms with van der Waals surface area (Å²) in [5.74, 6) is 0.559. The third kappa shape index (κ3) is 4.78. The summed E-state index contributed by atoms with van der Waals surface area (Å²) < 4.78 is 38.2. The van der Waals surface area contributed by atoms with Gasteiger partial charge in [-0.05, 0) is 18.4 Å². The van der Waals surface area contributed by atoms with Gasteiger partial charge in [-0.2, -0.15) is 16.3 Å². The Morgan fingerprint density at radius 2 is 2.22 bits per heavy atom. The molecule has 27 heavy (non-hydrogen) atoms. The van der Waals surface area contributed by atoms with Gasteiger partial charge >= 0.3 is 5.97 Å². The van der Waals surface area contributed by atoms with Crippen molar-refractivity contribution in [1.82, 2.24) is 24.4 Å². The van der Waals surface area contributed by atoms with E-state index in [2.05, 4.69) is 19.8 Å². The first kappa shape index (κ1) is 19.2. The van der Waals surface area contributed by atoms with Crippen molar-refractivity contribution in [1.29, 1.82) is 0 Å². The van der Waals surface area contributed by atoms with Crippen molar-refractivity contribution in [2.24, 2.45) is 7.05 Å². The van der Waals surface area contributed by atoms with Crippen LogP contribution in [0.5, 0.6) is 0 Å². The van der Waals surface area contributed by atoms with E-state index in [9.17, 15) is 13.2 Å². The molecule has 0 aromatic carbocycles. The summed E-state index contributed by atoms with van der Waals surface area (Å²) in [6.07, 6.45) is 1.26. The molecule has 144 valence electrons. The number of ether oxygens (including phenoxy) is 1. The number of aryl methyl sites for hydroxylation is 2. The fourth-order valence-corrected chi connectivity index (χ4v) is 3.75. The number of nitrogens with zero attached hydrogens (tertiary/aromatic N) is 4. The highest BCUT2D eigenvalue weighted by Crippen LogP contribution is 2.19. The Morgan fingerprint density at radius 1 is 1.41 bits per heavy atom. The summed E-state index contributed by atoms with van der Waals surface area (Å²) in [7, 11) is -2.08. The van der Waals surface area contributed by atoms with E-state index in [0.717, 1.165) is 5.56 Å². The molecule has 0 aliphatic carbocycles. The summed E-state index contributed by atoms with van der Waals surface area (Å²) >= 11 is 1.50. The second kappa shape index (κ2) is 7.98. The molecular weight excluding hydrogens is 394 g/mol. The van der Waals surface area contributed by atoms with E-state index in [1.807, 2.05) is 16.8 Å². The Hall–Kier alpha value is -2.57. The predicted octanol–water partition coefficient (Wildman–Crippen LogP) is 1.25. The quantitative estimate of drug-likeness (QED) is 0.548. The van der Waals surface area contributed by atoms with Gasteiger partial charge in [0, 0.05) is 25.2 Å². The Balaban J connectivity index is 1.45. The highest BCUT2D eigenvalue weighted by Gasteiger charge is 2.19. The molecule has 3 heterocycles. The fraction of sp³-hybridized carbons (Fsp3) is 0.333. The minimum atomic E-state index is -3.77. The molecule has 0 spiro atoms. The molecular formula is C15H17N5O5S2. The highest BCUT2D eigenvalue weighted by atomic mass is 32.2. The first-order valence-electron chi connectivity index (χ1n) is 7.85. The van der Waals surface area contributed by atoms with Crippen molar-refractivity contribution in [2.45, 2.75) is 25.0 Å². The van der Waals surface area contributed by atoms with Gasteiger partial charge in [-0.1, -0.05) is 5.16 Å². The van der Waals surface area contributed by atoms with Crippen LogP contribution in [-0.4, -0.2) is 40.6 Å². The van der Waals surface area contributed by atoms with Gasteiger partial charge in [-0.15, -0.1) is 0 Å². The fourth-order valence-electron chi connectivity index (χ4n) is 2.05. The van der Waals surface area contributed by atoms with Crippen LogP contribution in [-0.2, 0) is 33.2 Å². The van der Waals surface area contributed by atoms with Crippen LogP contribution in [0.4, 0.5) is 0 Å². The number of thiophene rings is 1. The van der Waals surface area contributed by atoms with Crippen molar-refractivity contribution in [3.05, 3.63) is 34.7 Å². The van der Waals surface area contributed by atoms with Crippen LogP contribution < -0.4 is 4.72 Å². The van der Waals surface area contributed by atoms with Crippen molar-refractivity contribution in [2.75, 3.05) is 6.54 Å². The number of aromatic nitrogens is 4. The third-order valence-electron chi connectivity index (χ3n) is 3.58. The van der Waals surface area contributed by atoms with Crippen LogP contribution >= 0.6 is 11.3 Å². The molecule has 0 saturated heterocycles. The summed E-state index contributed by atoms with van der Waals surface area (Å²) in [6.45, 7) is 1.43. The van der Waals surface area contributed by atoms with E-state index in [4.69, 9.17) is 9.26 Å². The van der Waals surface area contributed by atoms with Crippen LogP contribution in [0, 0.1) is 6.92 Å². The number of carbonyl (C=O) groups is 1. The number of nitrogens with one attached hydrogen (secondary N) is 1. The number of hydrogen-bond acceptors (Lipinski definition) is 9. The molecule has 3 aromatic heterocycles. The maximum Gasteiger partial charge on any atom is 0.307 e. The van der Waals surface area contributed by atoms with E-state index >= 15 is 0 Å². The van der Waals surface area contributed by atoms with Crippen molar-refractivity contribution in [3.63, 3.8) is 0 Å². The number of carbonyl (C=O) groups excluding carboxylic acids is 1. The molecule has 10 nitrogen and oxygen atoms in total. The first-order valence-corrected chi connectivity index (χ1v) is 10.3. The third-order valence-corrected chi connectivity index (χ3v) is 5.60. The van der Waals surface area contributed by atoms with Crippen LogP contribution in [0.1, 0.15) is 18.1 Å². The van der Waals surface area contributed by atoms with E-state index in [1.165, 1.54) is 17.5 Å². The maximum absolute atomic E-state index is 12.1. The normalized spacial score (nSPS) is 11.6. The number of rotatable bonds is 8. The molecule has 0 saturated carbocycles. The molecule has 0 unspecified atom stereocenters. The lowest BCUT2D eigenvalue weighted by Crippen LogP contribution is -2.27. The zero-order valence-corrected chi connectivity index (χ0v) is 16.2. The first-order chi connectivity index (χ1) is 12.8. The number of esters is 1. The zero-order chi connectivity index (χ0) is 19.4. The highest BCUT2D eigenvalue weighted by molar-refractivity contribution is 7.89. The smallest absolute Gasteiger partial charge is 0.307 e. The molecule has 0 aliphatic heterocycles. The monoisotopic (exact) mass is 411 g/mol. The molecule has 0 amide bonds. The molecule has 12 heteroatoms. The average Bonchev–Trinajstić information content (AvgIpc) is 3.34. The van der Waals surface area contributed by atoms with Gasteiger partial charge in [0.1, 0.15) is 5.82 Å². The Morgan fingerprint density at radius 3 is 2.89 bits per heavy atom. The van der Waals surface area contributed by atoms with Gasteiger partial charge in [0.2, 0.25) is 5.82 Å². The predicted molar refractivity (Wildman–Crippen MR) is 95.2 cm³/mol. The molecule has 0 fully saturated rings. The lowest BCUT2D eigenvalue weighted by molar-refractivity contribution is -0.145. The second-order valence-corrected chi connectivity index (χ2v) is 8.07. The zero-order valence-electron chi connectivity index (χ0n) is 14.6. The van der Waals surface area contributed by atoms with Crippen molar-refractivity contribution < 1.29 is 22.5 Å². The van der Waals surface area contributed by atoms with Gasteiger partial charge in [0.05, 0.1) is 12.0 Å². The van der Waals surface area contributed by atoms with Crippen molar-refractivity contribution >= 4 is 27.3 Å². The van der Waals surface area contributed by atoms with Gasteiger partial charge in [0.15, 0.2) is 11.6 Å². The molecule has 3 aromatic rings. The van der Waals surface area contributed by atoms with Gasteiger partial charge < -0.3 is 13.8 Å². The number of imidazole rings is 1. The Labute approximate surface area is 159 Å². The van der Waals surface area contributed by atoms with Crippen LogP contribution in [0.15, 0.2) is 32.6 Å². The lowest BCUT2D eigenvalue weighted by atomic mass is 10.3. The molecule has 1 N–H and O–H groups in total. The van der Waals surface area contributed by atoms with Gasteiger partial charge in [-0.3, -0.25) is 4.79 Å². The van der Waals surface area contributed by atoms with E-state index < -0.39 is 16.0 Å². The molecule has 0 radical (unpaired) electrons. The SMILES string of the molecule is Cc1nc(S(=O)(=O)NCCC(=O)OCc2noc(-c3ccsc3)n2)cn1C. The topological polar surface area (TPSA) is 129 Å². The average molecular weight is 411 g/mol.